The second kappa shape index (κ2) is 11.6. The quantitative estimate of drug-likeness (QED) is 0.450. The van der Waals surface area contributed by atoms with Gasteiger partial charge in [-0.3, -0.25) is 4.79 Å². The minimum absolute atomic E-state index is 0.00325. The molecular weight excluding hydrogens is 560 g/mol. The van der Waals surface area contributed by atoms with Crippen LogP contribution in [0.5, 0.6) is 5.75 Å². The summed E-state index contributed by atoms with van der Waals surface area (Å²) in [5.74, 6) is 0.819. The molecule has 2 heterocycles. The first-order valence-corrected chi connectivity index (χ1v) is 16.9. The van der Waals surface area contributed by atoms with Gasteiger partial charge in [-0.1, -0.05) is 29.8 Å². The Kier molecular flexibility index (Phi) is 8.09. The van der Waals surface area contributed by atoms with Crippen LogP contribution in [0.1, 0.15) is 66.9 Å². The van der Waals surface area contributed by atoms with Crippen molar-refractivity contribution >= 4 is 33.2 Å². The Hall–Kier alpha value is -2.55. The Bertz CT molecular complexity index is 1440. The molecule has 7 nitrogen and oxygen atoms in total. The number of nitrogens with zero attached hydrogens (tertiary/aromatic N) is 1. The summed E-state index contributed by atoms with van der Waals surface area (Å²) < 4.78 is 40.4. The monoisotopic (exact) mass is 598 g/mol. The maximum Gasteiger partial charge on any atom is 0.264 e. The highest BCUT2D eigenvalue weighted by molar-refractivity contribution is 7.90. The number of rotatable bonds is 2. The first kappa shape index (κ1) is 28.6. The van der Waals surface area contributed by atoms with Crippen LogP contribution in [0.2, 0.25) is 5.02 Å². The Morgan fingerprint density at radius 3 is 2.85 bits per heavy atom. The van der Waals surface area contributed by atoms with Gasteiger partial charge < -0.3 is 14.4 Å². The van der Waals surface area contributed by atoms with Crippen LogP contribution in [0.3, 0.4) is 0 Å². The molecule has 2 aliphatic heterocycles. The molecule has 1 fully saturated rings. The number of aryl methyl sites for hydroxylation is 1. The molecule has 41 heavy (non-hydrogen) atoms. The number of amides is 1. The summed E-state index contributed by atoms with van der Waals surface area (Å²) in [5, 5.41) is 0.751. The largest absolute Gasteiger partial charge is 0.490 e. The Morgan fingerprint density at radius 2 is 2.05 bits per heavy atom. The van der Waals surface area contributed by atoms with Gasteiger partial charge >= 0.3 is 0 Å². The van der Waals surface area contributed by atoms with E-state index in [2.05, 4.69) is 27.8 Å². The van der Waals surface area contributed by atoms with Crippen molar-refractivity contribution in [2.24, 2.45) is 11.8 Å². The molecule has 1 spiro atoms. The molecule has 4 atom stereocenters. The molecule has 2 aromatic rings. The molecule has 0 radical (unpaired) electrons. The van der Waals surface area contributed by atoms with Crippen molar-refractivity contribution in [3.05, 3.63) is 70.3 Å². The molecular formula is C32H39ClN2O5S. The third-order valence-corrected chi connectivity index (χ3v) is 10.9. The number of benzene rings is 2. The Morgan fingerprint density at radius 1 is 1.17 bits per heavy atom. The summed E-state index contributed by atoms with van der Waals surface area (Å²) in [5.41, 5.74) is 3.51. The van der Waals surface area contributed by atoms with Crippen LogP contribution >= 0.6 is 11.6 Å². The van der Waals surface area contributed by atoms with Crippen LogP contribution in [0.25, 0.3) is 0 Å². The lowest BCUT2D eigenvalue weighted by Gasteiger charge is -2.46. The molecule has 2 unspecified atom stereocenters. The van der Waals surface area contributed by atoms with Gasteiger partial charge in [0.25, 0.3) is 5.91 Å². The van der Waals surface area contributed by atoms with Crippen LogP contribution in [0.4, 0.5) is 5.69 Å². The fourth-order valence-corrected chi connectivity index (χ4v) is 8.42. The molecule has 2 bridgehead atoms. The predicted octanol–water partition coefficient (Wildman–Crippen LogP) is 5.65. The molecule has 9 heteroatoms. The van der Waals surface area contributed by atoms with E-state index in [0.717, 1.165) is 61.7 Å². The molecule has 0 saturated heterocycles. The van der Waals surface area contributed by atoms with Gasteiger partial charge in [0.15, 0.2) is 0 Å². The topological polar surface area (TPSA) is 84.9 Å². The van der Waals surface area contributed by atoms with Gasteiger partial charge in [0.2, 0.25) is 10.0 Å². The lowest BCUT2D eigenvalue weighted by Crippen LogP contribution is -2.49. The smallest absolute Gasteiger partial charge is 0.264 e. The molecule has 1 amide bonds. The van der Waals surface area contributed by atoms with Gasteiger partial charge in [-0.2, -0.15) is 0 Å². The van der Waals surface area contributed by atoms with E-state index < -0.39 is 15.9 Å². The lowest BCUT2D eigenvalue weighted by molar-refractivity contribution is -0.00861. The number of ether oxygens (including phenoxy) is 2. The molecule has 1 N–H and O–H groups in total. The number of sulfonamides is 1. The van der Waals surface area contributed by atoms with Gasteiger partial charge in [-0.15, -0.1) is 0 Å². The standard InChI is InChI=1S/C32H39ClN2O5S/c1-2-39-29-8-4-3-5-16-41(37,38)34-31(36)23-10-14-30-28(18-23)35(19-24-9-12-26(24)29)20-32(21-40-30)15-6-7-22-17-25(33)11-13-27(22)32/h4,8,10-11,13-14,17-18,24,26,29H,2-3,5-7,9,12,15-16,19-21H2,1H3,(H,34,36)/b8-4+/t24-,26?,29+,32?/m0/s1. The fourth-order valence-electron chi connectivity index (χ4n) is 7.18. The van der Waals surface area contributed by atoms with Crippen molar-refractivity contribution in [3.8, 4) is 5.75 Å². The minimum atomic E-state index is -3.76. The number of fused-ring (bicyclic) bond motifs is 4. The predicted molar refractivity (Wildman–Crippen MR) is 161 cm³/mol. The van der Waals surface area contributed by atoms with E-state index in [1.54, 1.807) is 6.07 Å². The van der Waals surface area contributed by atoms with E-state index in [4.69, 9.17) is 21.1 Å². The third-order valence-electron chi connectivity index (χ3n) is 9.37. The number of allylic oxidation sites excluding steroid dienone is 1. The first-order valence-electron chi connectivity index (χ1n) is 14.9. The zero-order valence-electron chi connectivity index (χ0n) is 23.6. The zero-order chi connectivity index (χ0) is 28.6. The Balaban J connectivity index is 1.42. The average Bonchev–Trinajstić information content (AvgIpc) is 3.07. The minimum Gasteiger partial charge on any atom is -0.490 e. The Labute approximate surface area is 248 Å². The van der Waals surface area contributed by atoms with Crippen molar-refractivity contribution < 1.29 is 22.7 Å². The van der Waals surface area contributed by atoms with E-state index in [1.807, 2.05) is 31.2 Å². The number of carbonyl (C=O) groups is 1. The van der Waals surface area contributed by atoms with Gasteiger partial charge in [-0.05, 0) is 105 Å². The van der Waals surface area contributed by atoms with E-state index in [0.29, 0.717) is 43.5 Å². The summed E-state index contributed by atoms with van der Waals surface area (Å²) in [4.78, 5) is 15.5. The molecule has 0 aromatic heterocycles. The molecule has 1 saturated carbocycles. The van der Waals surface area contributed by atoms with Crippen molar-refractivity contribution in [2.45, 2.75) is 63.4 Å². The molecule has 6 rings (SSSR count). The molecule has 220 valence electrons. The van der Waals surface area contributed by atoms with Gasteiger partial charge in [-0.25, -0.2) is 13.1 Å². The summed E-state index contributed by atoms with van der Waals surface area (Å²) >= 11 is 6.40. The van der Waals surface area contributed by atoms with E-state index >= 15 is 0 Å². The van der Waals surface area contributed by atoms with Gasteiger partial charge in [0, 0.05) is 35.7 Å². The number of halogens is 1. The van der Waals surface area contributed by atoms with Crippen molar-refractivity contribution in [1.29, 1.82) is 0 Å². The van der Waals surface area contributed by atoms with E-state index in [1.165, 1.54) is 11.1 Å². The highest BCUT2D eigenvalue weighted by Crippen LogP contribution is 2.47. The van der Waals surface area contributed by atoms with Crippen molar-refractivity contribution in [1.82, 2.24) is 4.72 Å². The molecule has 4 aliphatic rings. The van der Waals surface area contributed by atoms with Crippen LogP contribution in [-0.4, -0.2) is 52.5 Å². The van der Waals surface area contributed by atoms with E-state index in [9.17, 15) is 13.2 Å². The summed E-state index contributed by atoms with van der Waals surface area (Å²) in [6, 6.07) is 11.5. The second-order valence-electron chi connectivity index (χ2n) is 12.0. The maximum atomic E-state index is 13.1. The summed E-state index contributed by atoms with van der Waals surface area (Å²) in [6.45, 7) is 4.74. The fraction of sp³-hybridized carbons (Fsp3) is 0.531. The van der Waals surface area contributed by atoms with Crippen LogP contribution in [-0.2, 0) is 26.6 Å². The van der Waals surface area contributed by atoms with Crippen LogP contribution in [0, 0.1) is 11.8 Å². The second-order valence-corrected chi connectivity index (χ2v) is 14.3. The number of hydrogen-bond donors (Lipinski definition) is 1. The van der Waals surface area contributed by atoms with Gasteiger partial charge in [0.05, 0.1) is 24.2 Å². The molecule has 2 aliphatic carbocycles. The zero-order valence-corrected chi connectivity index (χ0v) is 25.2. The number of carbonyl (C=O) groups excluding carboxylic acids is 1. The third kappa shape index (κ3) is 5.88. The number of hydrogen-bond acceptors (Lipinski definition) is 6. The van der Waals surface area contributed by atoms with Crippen molar-refractivity contribution in [2.75, 3.05) is 37.0 Å². The first-order chi connectivity index (χ1) is 19.8. The summed E-state index contributed by atoms with van der Waals surface area (Å²) in [6.07, 6.45) is 10.5. The average molecular weight is 599 g/mol. The maximum absolute atomic E-state index is 13.1. The van der Waals surface area contributed by atoms with E-state index in [-0.39, 0.29) is 17.3 Å². The van der Waals surface area contributed by atoms with Crippen molar-refractivity contribution in [3.63, 3.8) is 0 Å². The lowest BCUT2D eigenvalue weighted by atomic mass is 9.68. The van der Waals surface area contributed by atoms with Gasteiger partial charge in [0.1, 0.15) is 5.75 Å². The normalized spacial score (nSPS) is 30.1. The van der Waals surface area contributed by atoms with Crippen LogP contribution in [0.15, 0.2) is 48.6 Å². The summed E-state index contributed by atoms with van der Waals surface area (Å²) in [7, 11) is -3.76. The highest BCUT2D eigenvalue weighted by atomic mass is 35.5. The van der Waals surface area contributed by atoms with Crippen LogP contribution < -0.4 is 14.4 Å². The highest BCUT2D eigenvalue weighted by Gasteiger charge is 2.44. The SMILES string of the molecule is CCO[C@@H]1/C=C/CCCS(=O)(=O)NC(=O)c2ccc3c(c2)N(C[C@@H]2CCC21)CC1(CCCc2cc(Cl)ccc21)CO3. The number of anilines is 1. The molecule has 2 aromatic carbocycles. The number of nitrogens with one attached hydrogen (secondary N) is 1.